The van der Waals surface area contributed by atoms with Crippen molar-refractivity contribution in [3.05, 3.63) is 0 Å². The van der Waals surface area contributed by atoms with Crippen LogP contribution >= 0.6 is 0 Å². The Balaban J connectivity index is 4.69. The lowest BCUT2D eigenvalue weighted by Crippen LogP contribution is -2.27. The highest BCUT2D eigenvalue weighted by molar-refractivity contribution is 5.90. The Morgan fingerprint density at radius 3 is 1.64 bits per heavy atom. The van der Waals surface area contributed by atoms with Gasteiger partial charge in [-0.25, -0.2) is 0 Å². The molecule has 0 bridgehead atoms. The summed E-state index contributed by atoms with van der Waals surface area (Å²) in [6, 6.07) is 0. The summed E-state index contributed by atoms with van der Waals surface area (Å²) in [5, 5.41) is 4.28. The van der Waals surface area contributed by atoms with Gasteiger partial charge in [-0.2, -0.15) is 0 Å². The lowest BCUT2D eigenvalue weighted by Gasteiger charge is -2.26. The first-order valence-electron chi connectivity index (χ1n) is 5.30. The zero-order valence-corrected chi connectivity index (χ0v) is 10.9. The molecule has 0 aromatic rings. The second kappa shape index (κ2) is 4.33. The van der Waals surface area contributed by atoms with Crippen LogP contribution in [-0.2, 0) is 4.84 Å². The predicted octanol–water partition coefficient (Wildman–Crippen LogP) is 3.86. The largest absolute Gasteiger partial charge is 0.390 e. The molecule has 0 aliphatic rings. The minimum atomic E-state index is -0.203. The number of rotatable bonds is 2. The van der Waals surface area contributed by atoms with Gasteiger partial charge in [-0.3, -0.25) is 0 Å². The molecule has 0 aliphatic heterocycles. The molecule has 0 rings (SSSR count). The van der Waals surface area contributed by atoms with Crippen molar-refractivity contribution < 1.29 is 4.84 Å². The van der Waals surface area contributed by atoms with E-state index in [0.29, 0.717) is 5.92 Å². The van der Waals surface area contributed by atoms with Gasteiger partial charge in [0.05, 0.1) is 5.71 Å². The zero-order chi connectivity index (χ0) is 11.6. The number of hydrogen-bond donors (Lipinski definition) is 0. The van der Waals surface area contributed by atoms with Crippen molar-refractivity contribution in [1.82, 2.24) is 0 Å². The minimum Gasteiger partial charge on any atom is -0.390 e. The number of hydrogen-bond acceptors (Lipinski definition) is 2. The molecule has 0 spiro atoms. The summed E-state index contributed by atoms with van der Waals surface area (Å²) in [4.78, 5) is 5.47. The standard InChI is InChI=1S/C12H25NO/c1-9(2)10(11(3,4)5)13-14-12(6,7)8/h9H,1-8H3/b13-10-. The topological polar surface area (TPSA) is 21.6 Å². The van der Waals surface area contributed by atoms with E-state index in [9.17, 15) is 0 Å². The summed E-state index contributed by atoms with van der Waals surface area (Å²) < 4.78 is 0. The first-order chi connectivity index (χ1) is 6.04. The van der Waals surface area contributed by atoms with E-state index >= 15 is 0 Å². The van der Waals surface area contributed by atoms with Crippen molar-refractivity contribution in [1.29, 1.82) is 0 Å². The molecule has 0 heterocycles. The van der Waals surface area contributed by atoms with Gasteiger partial charge in [0.25, 0.3) is 0 Å². The molecule has 2 nitrogen and oxygen atoms in total. The Morgan fingerprint density at radius 2 is 1.43 bits per heavy atom. The first kappa shape index (κ1) is 13.5. The van der Waals surface area contributed by atoms with Crippen LogP contribution in [0.2, 0.25) is 0 Å². The maximum absolute atomic E-state index is 5.47. The highest BCUT2D eigenvalue weighted by Crippen LogP contribution is 2.23. The van der Waals surface area contributed by atoms with E-state index in [-0.39, 0.29) is 11.0 Å². The summed E-state index contributed by atoms with van der Waals surface area (Å²) in [6.45, 7) is 16.8. The third-order valence-corrected chi connectivity index (χ3v) is 1.73. The Morgan fingerprint density at radius 1 is 1.00 bits per heavy atom. The van der Waals surface area contributed by atoms with Crippen molar-refractivity contribution in [3.63, 3.8) is 0 Å². The molecule has 14 heavy (non-hydrogen) atoms. The summed E-state index contributed by atoms with van der Waals surface area (Å²) >= 11 is 0. The van der Waals surface area contributed by atoms with Gasteiger partial charge in [-0.1, -0.05) is 39.8 Å². The van der Waals surface area contributed by atoms with E-state index in [1.54, 1.807) is 0 Å². The molecule has 0 atom stereocenters. The fourth-order valence-electron chi connectivity index (χ4n) is 1.29. The maximum Gasteiger partial charge on any atom is 0.129 e. The van der Waals surface area contributed by atoms with Crippen LogP contribution in [0.4, 0.5) is 0 Å². The molecular weight excluding hydrogens is 174 g/mol. The van der Waals surface area contributed by atoms with E-state index in [4.69, 9.17) is 4.84 Å². The Labute approximate surface area is 88.7 Å². The molecule has 0 N–H and O–H groups in total. The Bertz CT molecular complexity index is 203. The molecule has 0 radical (unpaired) electrons. The van der Waals surface area contributed by atoms with Crippen LogP contribution in [0.1, 0.15) is 55.4 Å². The van der Waals surface area contributed by atoms with E-state index < -0.39 is 0 Å². The van der Waals surface area contributed by atoms with Gasteiger partial charge in [-0.05, 0) is 26.7 Å². The molecule has 0 unspecified atom stereocenters. The second-order valence-corrected chi connectivity index (χ2v) is 6.08. The van der Waals surface area contributed by atoms with E-state index in [1.807, 2.05) is 20.8 Å². The van der Waals surface area contributed by atoms with E-state index in [0.717, 1.165) is 5.71 Å². The fourth-order valence-corrected chi connectivity index (χ4v) is 1.29. The van der Waals surface area contributed by atoms with Crippen LogP contribution in [0.5, 0.6) is 0 Å². The monoisotopic (exact) mass is 199 g/mol. The second-order valence-electron chi connectivity index (χ2n) is 6.08. The molecule has 0 fully saturated rings. The van der Waals surface area contributed by atoms with Gasteiger partial charge in [-0.15, -0.1) is 0 Å². The van der Waals surface area contributed by atoms with Gasteiger partial charge in [0, 0.05) is 5.41 Å². The third-order valence-electron chi connectivity index (χ3n) is 1.73. The van der Waals surface area contributed by atoms with Crippen molar-refractivity contribution in [3.8, 4) is 0 Å². The fraction of sp³-hybridized carbons (Fsp3) is 0.917. The van der Waals surface area contributed by atoms with Gasteiger partial charge in [0.2, 0.25) is 0 Å². The Hall–Kier alpha value is -0.530. The highest BCUT2D eigenvalue weighted by atomic mass is 16.6. The predicted molar refractivity (Wildman–Crippen MR) is 62.6 cm³/mol. The minimum absolute atomic E-state index is 0.0828. The first-order valence-corrected chi connectivity index (χ1v) is 5.30. The van der Waals surface area contributed by atoms with Crippen LogP contribution in [0, 0.1) is 11.3 Å². The quantitative estimate of drug-likeness (QED) is 0.489. The SMILES string of the molecule is CC(C)/C(=N/OC(C)(C)C)C(C)(C)C. The lowest BCUT2D eigenvalue weighted by molar-refractivity contribution is -0.00133. The Kier molecular flexibility index (Phi) is 4.16. The normalized spacial score (nSPS) is 14.8. The zero-order valence-electron chi connectivity index (χ0n) is 10.9. The molecule has 84 valence electrons. The summed E-state index contributed by atoms with van der Waals surface area (Å²) in [5.41, 5.74) is 0.998. The molecule has 0 aromatic heterocycles. The molecule has 0 saturated carbocycles. The number of nitrogens with zero attached hydrogens (tertiary/aromatic N) is 1. The highest BCUT2D eigenvalue weighted by Gasteiger charge is 2.23. The maximum atomic E-state index is 5.47. The molecule has 0 amide bonds. The summed E-state index contributed by atoms with van der Waals surface area (Å²) in [6.07, 6.45) is 0. The lowest BCUT2D eigenvalue weighted by atomic mass is 9.84. The van der Waals surface area contributed by atoms with Gasteiger partial charge < -0.3 is 4.84 Å². The van der Waals surface area contributed by atoms with Gasteiger partial charge >= 0.3 is 0 Å². The van der Waals surface area contributed by atoms with Crippen molar-refractivity contribution in [2.45, 2.75) is 61.0 Å². The van der Waals surface area contributed by atoms with Crippen LogP contribution < -0.4 is 0 Å². The van der Waals surface area contributed by atoms with Gasteiger partial charge in [0.15, 0.2) is 0 Å². The molecule has 0 aliphatic carbocycles. The van der Waals surface area contributed by atoms with Crippen molar-refractivity contribution >= 4 is 5.71 Å². The molecule has 0 saturated heterocycles. The van der Waals surface area contributed by atoms with Gasteiger partial charge in [0.1, 0.15) is 5.60 Å². The smallest absolute Gasteiger partial charge is 0.129 e. The third kappa shape index (κ3) is 5.25. The molecule has 0 aromatic carbocycles. The molecule has 2 heteroatoms. The number of oxime groups is 1. The van der Waals surface area contributed by atoms with E-state index in [2.05, 4.69) is 39.8 Å². The average Bonchev–Trinajstić information content (AvgIpc) is 1.79. The summed E-state index contributed by atoms with van der Waals surface area (Å²) in [5.74, 6) is 0.428. The van der Waals surface area contributed by atoms with Crippen molar-refractivity contribution in [2.75, 3.05) is 0 Å². The van der Waals surface area contributed by atoms with Crippen LogP contribution in [-0.4, -0.2) is 11.3 Å². The van der Waals surface area contributed by atoms with Crippen LogP contribution in [0.25, 0.3) is 0 Å². The van der Waals surface area contributed by atoms with E-state index in [1.165, 1.54) is 0 Å². The van der Waals surface area contributed by atoms with Crippen LogP contribution in [0.3, 0.4) is 0 Å². The molecular formula is C12H25NO. The summed E-state index contributed by atoms with van der Waals surface area (Å²) in [7, 11) is 0. The average molecular weight is 199 g/mol. The van der Waals surface area contributed by atoms with Crippen molar-refractivity contribution in [2.24, 2.45) is 16.5 Å². The van der Waals surface area contributed by atoms with Crippen LogP contribution in [0.15, 0.2) is 5.16 Å².